The molecule has 1 spiro atoms. The number of hydrogen-bond acceptors (Lipinski definition) is 7. The highest BCUT2D eigenvalue weighted by Gasteiger charge is 2.66. The second-order valence-electron chi connectivity index (χ2n) is 11.6. The molecular weight excluding hydrogens is 452 g/mol. The first-order valence-corrected chi connectivity index (χ1v) is 15.7. The largest absolute Gasteiger partial charge is 0.542 e. The van der Waals surface area contributed by atoms with Gasteiger partial charge >= 0.3 is 5.97 Å². The van der Waals surface area contributed by atoms with Crippen LogP contribution in [-0.2, 0) is 28.8 Å². The van der Waals surface area contributed by atoms with Crippen LogP contribution in [0.4, 0.5) is 0 Å². The normalized spacial score (nSPS) is 35.6. The molecule has 1 saturated carbocycles. The van der Waals surface area contributed by atoms with Gasteiger partial charge in [-0.25, -0.2) is 4.79 Å². The summed E-state index contributed by atoms with van der Waals surface area (Å²) in [7, 11) is -0.382. The fraction of sp³-hybridized carbons (Fsp3) is 0.654. The van der Waals surface area contributed by atoms with Crippen molar-refractivity contribution in [3.05, 3.63) is 40.4 Å². The van der Waals surface area contributed by atoms with Gasteiger partial charge in [-0.15, -0.1) is 0 Å². The summed E-state index contributed by atoms with van der Waals surface area (Å²) in [5.74, 6) is 0.701. The first-order chi connectivity index (χ1) is 16.1. The number of carbonyl (C=O) groups excluding carboxylic acids is 1. The number of methoxy groups -OCH3 is 1. The SMILES string of the molecule is COC[C@H]1OC(=O)c2coc3c2C1(C)C1=CCC2(C)[C@@H](CCC24OCCO4)C1=C3O[Si](C)(C)C. The molecule has 5 aliphatic rings. The summed E-state index contributed by atoms with van der Waals surface area (Å²) < 4.78 is 37.1. The number of rotatable bonds is 4. The van der Waals surface area contributed by atoms with Crippen molar-refractivity contribution in [2.24, 2.45) is 11.3 Å². The van der Waals surface area contributed by atoms with E-state index in [0.717, 1.165) is 30.6 Å². The predicted octanol–water partition coefficient (Wildman–Crippen LogP) is 4.79. The van der Waals surface area contributed by atoms with Gasteiger partial charge < -0.3 is 27.8 Å². The third-order valence-corrected chi connectivity index (χ3v) is 9.50. The zero-order valence-corrected chi connectivity index (χ0v) is 21.9. The van der Waals surface area contributed by atoms with E-state index in [4.69, 9.17) is 27.8 Å². The van der Waals surface area contributed by atoms with E-state index in [1.165, 1.54) is 11.1 Å². The fourth-order valence-electron chi connectivity index (χ4n) is 7.13. The Bertz CT molecular complexity index is 1120. The third kappa shape index (κ3) is 2.71. The summed E-state index contributed by atoms with van der Waals surface area (Å²) in [6.45, 7) is 12.6. The topological polar surface area (TPSA) is 76.4 Å². The maximum atomic E-state index is 12.9. The molecule has 4 atom stereocenters. The molecule has 7 nitrogen and oxygen atoms in total. The molecule has 3 heterocycles. The van der Waals surface area contributed by atoms with E-state index in [1.54, 1.807) is 13.4 Å². The number of hydrogen-bond donors (Lipinski definition) is 0. The molecule has 3 aliphatic carbocycles. The second kappa shape index (κ2) is 7.09. The van der Waals surface area contributed by atoms with Crippen molar-refractivity contribution >= 4 is 20.0 Å². The maximum Gasteiger partial charge on any atom is 0.342 e. The lowest BCUT2D eigenvalue weighted by atomic mass is 9.55. The van der Waals surface area contributed by atoms with E-state index in [-0.39, 0.29) is 17.3 Å². The van der Waals surface area contributed by atoms with E-state index in [0.29, 0.717) is 31.1 Å². The van der Waals surface area contributed by atoms with E-state index >= 15 is 0 Å². The van der Waals surface area contributed by atoms with Crippen LogP contribution in [0.2, 0.25) is 19.6 Å². The Labute approximate surface area is 201 Å². The van der Waals surface area contributed by atoms with E-state index < -0.39 is 25.6 Å². The van der Waals surface area contributed by atoms with Gasteiger partial charge in [0.15, 0.2) is 17.3 Å². The molecule has 0 bridgehead atoms. The zero-order chi connectivity index (χ0) is 24.1. The Hall–Kier alpha value is -1.87. The average Bonchev–Trinajstić information content (AvgIpc) is 3.48. The van der Waals surface area contributed by atoms with Crippen LogP contribution in [0.3, 0.4) is 0 Å². The summed E-state index contributed by atoms with van der Waals surface area (Å²) in [5.41, 5.74) is 2.89. The molecule has 1 aromatic heterocycles. The first-order valence-electron chi connectivity index (χ1n) is 12.3. The van der Waals surface area contributed by atoms with Crippen LogP contribution in [0.1, 0.15) is 54.8 Å². The summed E-state index contributed by atoms with van der Waals surface area (Å²) in [6.07, 6.45) is 6.01. The van der Waals surface area contributed by atoms with Crippen LogP contribution >= 0.6 is 0 Å². The van der Waals surface area contributed by atoms with Crippen molar-refractivity contribution < 1.29 is 32.6 Å². The molecule has 2 unspecified atom stereocenters. The third-order valence-electron chi connectivity index (χ3n) is 8.68. The number of furan rings is 1. The molecular formula is C26H34O7Si. The van der Waals surface area contributed by atoms with Gasteiger partial charge in [-0.2, -0.15) is 0 Å². The lowest BCUT2D eigenvalue weighted by Crippen LogP contribution is -2.54. The summed E-state index contributed by atoms with van der Waals surface area (Å²) in [5, 5.41) is 0. The molecule has 6 rings (SSSR count). The number of esters is 1. The number of fused-ring (bicyclic) bond motifs is 5. The number of ether oxygens (including phenoxy) is 4. The van der Waals surface area contributed by atoms with Gasteiger partial charge in [0.2, 0.25) is 8.32 Å². The lowest BCUT2D eigenvalue weighted by Gasteiger charge is -2.52. The van der Waals surface area contributed by atoms with Crippen LogP contribution in [0.5, 0.6) is 0 Å². The van der Waals surface area contributed by atoms with Crippen LogP contribution in [-0.4, -0.2) is 53.1 Å². The van der Waals surface area contributed by atoms with Crippen LogP contribution in [0, 0.1) is 11.3 Å². The average molecular weight is 487 g/mol. The Morgan fingerprint density at radius 2 is 1.91 bits per heavy atom. The van der Waals surface area contributed by atoms with Crippen molar-refractivity contribution in [3.63, 3.8) is 0 Å². The van der Waals surface area contributed by atoms with E-state index in [2.05, 4.69) is 39.6 Å². The van der Waals surface area contributed by atoms with Gasteiger partial charge in [0, 0.05) is 30.1 Å². The molecule has 1 saturated heterocycles. The van der Waals surface area contributed by atoms with Gasteiger partial charge in [0.1, 0.15) is 17.9 Å². The Morgan fingerprint density at radius 1 is 1.18 bits per heavy atom. The quantitative estimate of drug-likeness (QED) is 0.447. The predicted molar refractivity (Wildman–Crippen MR) is 127 cm³/mol. The van der Waals surface area contributed by atoms with Crippen LogP contribution in [0.25, 0.3) is 5.76 Å². The fourth-order valence-corrected chi connectivity index (χ4v) is 7.94. The van der Waals surface area contributed by atoms with Gasteiger partial charge in [-0.05, 0) is 50.9 Å². The number of allylic oxidation sites excluding steroid dienone is 2. The lowest BCUT2D eigenvalue weighted by molar-refractivity contribution is -0.222. The van der Waals surface area contributed by atoms with Crippen molar-refractivity contribution in [1.82, 2.24) is 0 Å². The molecule has 2 fully saturated rings. The molecule has 0 radical (unpaired) electrons. The number of cyclic esters (lactones) is 1. The Balaban J connectivity index is 1.63. The molecule has 1 aromatic rings. The molecule has 0 N–H and O–H groups in total. The molecule has 0 amide bonds. The molecule has 184 valence electrons. The second-order valence-corrected chi connectivity index (χ2v) is 16.1. The van der Waals surface area contributed by atoms with E-state index in [9.17, 15) is 4.79 Å². The minimum atomic E-state index is -2.02. The highest BCUT2D eigenvalue weighted by atomic mass is 28.4. The summed E-state index contributed by atoms with van der Waals surface area (Å²) in [4.78, 5) is 12.9. The first kappa shape index (κ1) is 22.6. The van der Waals surface area contributed by atoms with Gasteiger partial charge in [0.25, 0.3) is 0 Å². The highest BCUT2D eigenvalue weighted by Crippen LogP contribution is 2.67. The minimum absolute atomic E-state index is 0.177. The molecule has 8 heteroatoms. The van der Waals surface area contributed by atoms with Crippen LogP contribution in [0.15, 0.2) is 27.9 Å². The zero-order valence-electron chi connectivity index (χ0n) is 20.9. The van der Waals surface area contributed by atoms with Gasteiger partial charge in [-0.1, -0.05) is 13.0 Å². The standard InChI is InChI=1S/C26H34O7Si/c1-24-9-7-17-19(16(24)8-10-26(24)30-11-12-31-26)21(33-34(4,5)6)22-20-15(13-29-22)23(27)32-18(14-28-3)25(17,20)2/h7,13,16,18H,8-12,14H2,1-6H3/t16-,18+,24?,25?/m0/s1. The van der Waals surface area contributed by atoms with Crippen molar-refractivity contribution in [2.75, 3.05) is 26.9 Å². The van der Waals surface area contributed by atoms with Crippen molar-refractivity contribution in [2.45, 2.75) is 70.1 Å². The Kier molecular flexibility index (Phi) is 4.71. The molecule has 34 heavy (non-hydrogen) atoms. The van der Waals surface area contributed by atoms with Crippen LogP contribution < -0.4 is 0 Å². The minimum Gasteiger partial charge on any atom is -0.542 e. The van der Waals surface area contributed by atoms with Crippen molar-refractivity contribution in [1.29, 1.82) is 0 Å². The van der Waals surface area contributed by atoms with Gasteiger partial charge in [-0.3, -0.25) is 0 Å². The summed E-state index contributed by atoms with van der Waals surface area (Å²) >= 11 is 0. The summed E-state index contributed by atoms with van der Waals surface area (Å²) in [6, 6.07) is 0. The monoisotopic (exact) mass is 486 g/mol. The molecule has 0 aromatic carbocycles. The Morgan fingerprint density at radius 3 is 2.59 bits per heavy atom. The smallest absolute Gasteiger partial charge is 0.342 e. The highest BCUT2D eigenvalue weighted by molar-refractivity contribution is 6.70. The van der Waals surface area contributed by atoms with Gasteiger partial charge in [0.05, 0.1) is 25.2 Å². The maximum absolute atomic E-state index is 12.9. The van der Waals surface area contributed by atoms with E-state index in [1.807, 2.05) is 0 Å². The van der Waals surface area contributed by atoms with Crippen molar-refractivity contribution in [3.8, 4) is 0 Å². The number of carbonyl (C=O) groups is 1. The molecule has 2 aliphatic heterocycles.